The quantitative estimate of drug-likeness (QED) is 0.149. The van der Waals surface area contributed by atoms with Gasteiger partial charge in [0.05, 0.1) is 5.02 Å². The minimum atomic E-state index is -1.01. The van der Waals surface area contributed by atoms with Crippen LogP contribution < -0.4 is 5.32 Å². The van der Waals surface area contributed by atoms with Crippen LogP contribution in [0.2, 0.25) is 5.02 Å². The molecule has 5 nitrogen and oxygen atoms in total. The van der Waals surface area contributed by atoms with Crippen LogP contribution in [0.25, 0.3) is 17.2 Å². The zero-order valence-corrected chi connectivity index (χ0v) is 21.9. The SMILES string of the molecule is CC/C(=C(/c1ccc(/C=C/C(=O)O)cc1)c1ccc(NC2CCCCO2)c(C=N)c1)c1ccc(F)cc1Cl. The lowest BCUT2D eigenvalue weighted by Gasteiger charge is -2.25. The summed E-state index contributed by atoms with van der Waals surface area (Å²) < 4.78 is 19.7. The Bertz CT molecular complexity index is 1380. The molecule has 1 aliphatic rings. The summed E-state index contributed by atoms with van der Waals surface area (Å²) >= 11 is 6.51. The average molecular weight is 533 g/mol. The molecule has 1 unspecified atom stereocenters. The first-order chi connectivity index (χ1) is 18.4. The molecular formula is C31H30ClFN2O3. The van der Waals surface area contributed by atoms with Gasteiger partial charge in [0.25, 0.3) is 0 Å². The lowest BCUT2D eigenvalue weighted by atomic mass is 9.87. The number of carbonyl (C=O) groups is 1. The highest BCUT2D eigenvalue weighted by molar-refractivity contribution is 6.32. The van der Waals surface area contributed by atoms with Gasteiger partial charge in [0, 0.05) is 30.1 Å². The largest absolute Gasteiger partial charge is 0.478 e. The molecule has 3 aromatic rings. The van der Waals surface area contributed by atoms with Crippen LogP contribution >= 0.6 is 11.6 Å². The van der Waals surface area contributed by atoms with E-state index in [1.807, 2.05) is 49.4 Å². The van der Waals surface area contributed by atoms with Gasteiger partial charge in [0.15, 0.2) is 0 Å². The molecule has 1 atom stereocenters. The molecule has 1 heterocycles. The van der Waals surface area contributed by atoms with Crippen molar-refractivity contribution in [3.8, 4) is 0 Å². The van der Waals surface area contributed by atoms with E-state index in [4.69, 9.17) is 26.9 Å². The Kier molecular flexibility index (Phi) is 9.10. The Morgan fingerprint density at radius 3 is 2.53 bits per heavy atom. The summed E-state index contributed by atoms with van der Waals surface area (Å²) in [5, 5.41) is 20.8. The van der Waals surface area contributed by atoms with Gasteiger partial charge < -0.3 is 20.6 Å². The number of hydrogen-bond donors (Lipinski definition) is 3. The number of benzene rings is 3. The van der Waals surface area contributed by atoms with Crippen LogP contribution in [0.5, 0.6) is 0 Å². The van der Waals surface area contributed by atoms with Gasteiger partial charge in [-0.3, -0.25) is 0 Å². The molecule has 0 saturated carbocycles. The summed E-state index contributed by atoms with van der Waals surface area (Å²) in [5.41, 5.74) is 6.62. The Labute approximate surface area is 227 Å². The number of nitrogens with one attached hydrogen (secondary N) is 2. The standard InChI is InChI=1S/C31H30ClFN2O3/c1-2-25(26-13-12-24(33)18-27(26)32)31(21-9-6-20(7-10-21)8-15-30(36)37)22-11-14-28(23(17-22)19-34)35-29-5-3-4-16-38-29/h6-15,17-19,29,34-35H,2-5,16H2,1H3,(H,36,37)/b15-8+,31-25+,34-19?. The molecule has 1 fully saturated rings. The molecule has 4 rings (SSSR count). The Balaban J connectivity index is 1.84. The van der Waals surface area contributed by atoms with Crippen molar-refractivity contribution in [3.05, 3.63) is 105 Å². The number of aliphatic carboxylic acids is 1. The molecule has 3 aromatic carbocycles. The van der Waals surface area contributed by atoms with Crippen molar-refractivity contribution in [1.29, 1.82) is 5.41 Å². The number of anilines is 1. The van der Waals surface area contributed by atoms with Crippen molar-refractivity contribution in [2.45, 2.75) is 38.8 Å². The maximum Gasteiger partial charge on any atom is 0.328 e. The van der Waals surface area contributed by atoms with Crippen LogP contribution in [0.15, 0.2) is 66.7 Å². The van der Waals surface area contributed by atoms with Gasteiger partial charge in [-0.2, -0.15) is 0 Å². The highest BCUT2D eigenvalue weighted by atomic mass is 35.5. The van der Waals surface area contributed by atoms with E-state index >= 15 is 0 Å². The van der Waals surface area contributed by atoms with Crippen molar-refractivity contribution in [3.63, 3.8) is 0 Å². The lowest BCUT2D eigenvalue weighted by Crippen LogP contribution is -2.27. The number of halogens is 2. The fraction of sp³-hybridized carbons (Fsp3) is 0.226. The molecule has 3 N–H and O–H groups in total. The van der Waals surface area contributed by atoms with Crippen LogP contribution in [0.4, 0.5) is 10.1 Å². The lowest BCUT2D eigenvalue weighted by molar-refractivity contribution is -0.131. The van der Waals surface area contributed by atoms with E-state index in [0.717, 1.165) is 76.6 Å². The molecular weight excluding hydrogens is 503 g/mol. The second kappa shape index (κ2) is 12.7. The monoisotopic (exact) mass is 532 g/mol. The molecule has 1 aliphatic heterocycles. The summed E-state index contributed by atoms with van der Waals surface area (Å²) in [6.45, 7) is 2.74. The third-order valence-corrected chi connectivity index (χ3v) is 6.83. The van der Waals surface area contributed by atoms with E-state index in [-0.39, 0.29) is 6.23 Å². The van der Waals surface area contributed by atoms with E-state index in [0.29, 0.717) is 11.4 Å². The smallest absolute Gasteiger partial charge is 0.328 e. The van der Waals surface area contributed by atoms with Gasteiger partial charge in [-0.15, -0.1) is 0 Å². The van der Waals surface area contributed by atoms with Crippen molar-refractivity contribution in [1.82, 2.24) is 0 Å². The first kappa shape index (κ1) is 27.3. The maximum atomic E-state index is 13.9. The first-order valence-corrected chi connectivity index (χ1v) is 13.0. The van der Waals surface area contributed by atoms with E-state index in [9.17, 15) is 9.18 Å². The molecule has 0 aromatic heterocycles. The number of hydrogen-bond acceptors (Lipinski definition) is 4. The van der Waals surface area contributed by atoms with Crippen LogP contribution in [0.1, 0.15) is 60.4 Å². The molecule has 0 amide bonds. The third kappa shape index (κ3) is 6.57. The average Bonchev–Trinajstić information content (AvgIpc) is 2.92. The topological polar surface area (TPSA) is 82.4 Å². The van der Waals surface area contributed by atoms with Gasteiger partial charge in [-0.05, 0) is 89.4 Å². The normalized spacial score (nSPS) is 16.2. The third-order valence-electron chi connectivity index (χ3n) is 6.52. The number of rotatable bonds is 9. The molecule has 0 spiro atoms. The molecule has 0 aliphatic carbocycles. The zero-order chi connectivity index (χ0) is 27.1. The Morgan fingerprint density at radius 2 is 1.89 bits per heavy atom. The van der Waals surface area contributed by atoms with Crippen molar-refractivity contribution < 1.29 is 19.0 Å². The number of carboxylic acid groups (broad SMARTS) is 1. The van der Waals surface area contributed by atoms with Gasteiger partial charge >= 0.3 is 5.97 Å². The van der Waals surface area contributed by atoms with Gasteiger partial charge in [0.1, 0.15) is 12.0 Å². The van der Waals surface area contributed by atoms with Gasteiger partial charge in [-0.25, -0.2) is 9.18 Å². The molecule has 7 heteroatoms. The number of carboxylic acids is 1. The molecule has 38 heavy (non-hydrogen) atoms. The summed E-state index contributed by atoms with van der Waals surface area (Å²) in [7, 11) is 0. The molecule has 196 valence electrons. The van der Waals surface area contributed by atoms with Gasteiger partial charge in [-0.1, -0.05) is 54.9 Å². The van der Waals surface area contributed by atoms with Crippen LogP contribution in [0, 0.1) is 11.2 Å². The van der Waals surface area contributed by atoms with Crippen molar-refractivity contribution in [2.24, 2.45) is 0 Å². The highest BCUT2D eigenvalue weighted by Gasteiger charge is 2.19. The van der Waals surface area contributed by atoms with Crippen LogP contribution in [-0.4, -0.2) is 30.1 Å². The molecule has 0 radical (unpaired) electrons. The predicted molar refractivity (Wildman–Crippen MR) is 152 cm³/mol. The number of allylic oxidation sites excluding steroid dienone is 1. The zero-order valence-electron chi connectivity index (χ0n) is 21.1. The van der Waals surface area contributed by atoms with E-state index in [2.05, 4.69) is 5.32 Å². The molecule has 0 bridgehead atoms. The summed E-state index contributed by atoms with van der Waals surface area (Å²) in [5.74, 6) is -1.42. The van der Waals surface area contributed by atoms with Crippen LogP contribution in [-0.2, 0) is 9.53 Å². The molecule has 1 saturated heterocycles. The second-order valence-corrected chi connectivity index (χ2v) is 9.48. The second-order valence-electron chi connectivity index (χ2n) is 9.07. The minimum Gasteiger partial charge on any atom is -0.478 e. The van der Waals surface area contributed by atoms with Crippen molar-refractivity contribution in [2.75, 3.05) is 11.9 Å². The van der Waals surface area contributed by atoms with Crippen LogP contribution in [0.3, 0.4) is 0 Å². The summed E-state index contributed by atoms with van der Waals surface area (Å²) in [6, 6.07) is 17.9. The van der Waals surface area contributed by atoms with E-state index in [1.54, 1.807) is 6.07 Å². The summed E-state index contributed by atoms with van der Waals surface area (Å²) in [6.07, 6.45) is 7.56. The van der Waals surface area contributed by atoms with E-state index < -0.39 is 11.8 Å². The maximum absolute atomic E-state index is 13.9. The van der Waals surface area contributed by atoms with Crippen molar-refractivity contribution >= 4 is 46.7 Å². The van der Waals surface area contributed by atoms with E-state index in [1.165, 1.54) is 24.4 Å². The van der Waals surface area contributed by atoms with Gasteiger partial charge in [0.2, 0.25) is 0 Å². The minimum absolute atomic E-state index is 0.0843. The highest BCUT2D eigenvalue weighted by Crippen LogP contribution is 2.38. The fourth-order valence-electron chi connectivity index (χ4n) is 4.68. The Morgan fingerprint density at radius 1 is 1.13 bits per heavy atom. The summed E-state index contributed by atoms with van der Waals surface area (Å²) in [4.78, 5) is 10.9. The fourth-order valence-corrected chi connectivity index (χ4v) is 4.96. The first-order valence-electron chi connectivity index (χ1n) is 12.6. The number of ether oxygens (including phenoxy) is 1. The Hall–Kier alpha value is -3.74. The predicted octanol–water partition coefficient (Wildman–Crippen LogP) is 7.88.